The molecule has 4 rings (SSSR count). The van der Waals surface area contributed by atoms with Crippen molar-refractivity contribution in [1.29, 1.82) is 0 Å². The van der Waals surface area contributed by atoms with Crippen LogP contribution in [0.25, 0.3) is 5.70 Å². The largest absolute Gasteiger partial charge is 0.406 e. The highest BCUT2D eigenvalue weighted by Crippen LogP contribution is 2.41. The van der Waals surface area contributed by atoms with E-state index in [4.69, 9.17) is 11.6 Å². The van der Waals surface area contributed by atoms with Crippen LogP contribution in [0.1, 0.15) is 37.3 Å². The van der Waals surface area contributed by atoms with Gasteiger partial charge in [-0.05, 0) is 41.3 Å². The summed E-state index contributed by atoms with van der Waals surface area (Å²) in [5, 5.41) is 7.30. The van der Waals surface area contributed by atoms with Gasteiger partial charge in [-0.25, -0.2) is 5.43 Å². The molecule has 0 aromatic heterocycles. The van der Waals surface area contributed by atoms with Crippen LogP contribution < -0.4 is 16.1 Å². The number of nitrogens with one attached hydrogen (secondary N) is 3. The molecule has 3 N–H and O–H groups in total. The minimum atomic E-state index is -4.59. The highest BCUT2D eigenvalue weighted by molar-refractivity contribution is 6.30. The van der Waals surface area contributed by atoms with Gasteiger partial charge in [-0.3, -0.25) is 14.6 Å². The van der Waals surface area contributed by atoms with Gasteiger partial charge in [0.2, 0.25) is 5.91 Å². The van der Waals surface area contributed by atoms with Crippen LogP contribution in [-0.2, 0) is 9.59 Å². The summed E-state index contributed by atoms with van der Waals surface area (Å²) in [7, 11) is 0. The van der Waals surface area contributed by atoms with E-state index in [0.29, 0.717) is 34.0 Å². The van der Waals surface area contributed by atoms with E-state index in [9.17, 15) is 22.8 Å². The van der Waals surface area contributed by atoms with Crippen molar-refractivity contribution in [2.45, 2.75) is 44.6 Å². The number of rotatable bonds is 5. The Labute approximate surface area is 200 Å². The third kappa shape index (κ3) is 5.05. The van der Waals surface area contributed by atoms with Gasteiger partial charge in [0.05, 0.1) is 5.92 Å². The van der Waals surface area contributed by atoms with E-state index in [1.807, 2.05) is 13.8 Å². The van der Waals surface area contributed by atoms with E-state index in [0.717, 1.165) is 5.01 Å². The fourth-order valence-corrected chi connectivity index (χ4v) is 4.38. The Bertz CT molecular complexity index is 1120. The maximum absolute atomic E-state index is 13.9. The van der Waals surface area contributed by atoms with Crippen LogP contribution in [0.5, 0.6) is 0 Å². The van der Waals surface area contributed by atoms with E-state index in [1.54, 1.807) is 24.3 Å². The summed E-state index contributed by atoms with van der Waals surface area (Å²) in [4.78, 5) is 25.0. The summed E-state index contributed by atoms with van der Waals surface area (Å²) in [5.74, 6) is -1.66. The van der Waals surface area contributed by atoms with Gasteiger partial charge in [0, 0.05) is 28.9 Å². The Morgan fingerprint density at radius 1 is 1.18 bits per heavy atom. The predicted molar refractivity (Wildman–Crippen MR) is 123 cm³/mol. The van der Waals surface area contributed by atoms with Gasteiger partial charge in [0.1, 0.15) is 12.2 Å². The minimum Gasteiger partial charge on any atom is -0.363 e. The highest BCUT2D eigenvalue weighted by atomic mass is 35.5. The molecule has 1 fully saturated rings. The van der Waals surface area contributed by atoms with E-state index in [-0.39, 0.29) is 11.8 Å². The Morgan fingerprint density at radius 3 is 2.53 bits per heavy atom. The number of benzene rings is 2. The number of carbonyl (C=O) groups excluding carboxylic acids is 2. The second kappa shape index (κ2) is 9.31. The first kappa shape index (κ1) is 24.1. The molecule has 0 spiro atoms. The summed E-state index contributed by atoms with van der Waals surface area (Å²) in [6, 6.07) is 11.0. The second-order valence-electron chi connectivity index (χ2n) is 8.81. The summed E-state index contributed by atoms with van der Waals surface area (Å²) in [6.45, 7) is 3.87. The lowest BCUT2D eigenvalue weighted by Gasteiger charge is -2.33. The molecule has 0 saturated carbocycles. The number of hydrogen-bond acceptors (Lipinski definition) is 4. The smallest absolute Gasteiger partial charge is 0.363 e. The van der Waals surface area contributed by atoms with Gasteiger partial charge >= 0.3 is 6.18 Å². The van der Waals surface area contributed by atoms with Gasteiger partial charge < -0.3 is 10.6 Å². The molecule has 6 nitrogen and oxygen atoms in total. The molecule has 10 heteroatoms. The van der Waals surface area contributed by atoms with Crippen molar-refractivity contribution in [3.8, 4) is 0 Å². The van der Waals surface area contributed by atoms with Crippen molar-refractivity contribution >= 4 is 34.8 Å². The standard InChI is InChI=1S/C24H24ClF3N4O2/c1-13(2)10-19(33)29-17-5-3-4-15(11-17)18-12-20(34)32-23(30-18)21(22(31-32)24(26,27)28)14-6-8-16(25)9-7-14/h3-9,11-13,21-23,30-31H,10H2,1-2H3,(H,29,33). The summed E-state index contributed by atoms with van der Waals surface area (Å²) >= 11 is 5.93. The van der Waals surface area contributed by atoms with Crippen molar-refractivity contribution in [1.82, 2.24) is 15.8 Å². The average Bonchev–Trinajstić information content (AvgIpc) is 3.14. The first-order chi connectivity index (χ1) is 16.0. The fraction of sp³-hybridized carbons (Fsp3) is 0.333. The molecule has 2 aliphatic rings. The Kier molecular flexibility index (Phi) is 6.60. The molecule has 2 aliphatic heterocycles. The SMILES string of the molecule is CC(C)CC(=O)Nc1cccc(C2=CC(=O)N3NC(C(F)(F)F)C(c4ccc(Cl)cc4)C3N2)c1. The zero-order valence-electron chi connectivity index (χ0n) is 18.5. The molecule has 2 amide bonds. The van der Waals surface area contributed by atoms with Gasteiger partial charge in [-0.15, -0.1) is 0 Å². The van der Waals surface area contributed by atoms with Crippen LogP contribution in [0, 0.1) is 5.92 Å². The number of anilines is 1. The lowest BCUT2D eigenvalue weighted by atomic mass is 9.89. The Balaban J connectivity index is 1.64. The summed E-state index contributed by atoms with van der Waals surface area (Å²) < 4.78 is 41.7. The van der Waals surface area contributed by atoms with Crippen molar-refractivity contribution in [3.63, 3.8) is 0 Å². The molecule has 3 unspecified atom stereocenters. The van der Waals surface area contributed by atoms with Crippen LogP contribution in [0.4, 0.5) is 18.9 Å². The molecule has 3 atom stereocenters. The molecule has 34 heavy (non-hydrogen) atoms. The van der Waals surface area contributed by atoms with Crippen LogP contribution in [0.3, 0.4) is 0 Å². The molecular formula is C24H24ClF3N4O2. The second-order valence-corrected chi connectivity index (χ2v) is 9.24. The van der Waals surface area contributed by atoms with Crippen LogP contribution in [0.2, 0.25) is 5.02 Å². The van der Waals surface area contributed by atoms with E-state index in [1.165, 1.54) is 30.3 Å². The maximum atomic E-state index is 13.9. The normalized spacial score (nSPS) is 22.3. The number of nitrogens with zero attached hydrogens (tertiary/aromatic N) is 1. The van der Waals surface area contributed by atoms with E-state index < -0.39 is 30.2 Å². The lowest BCUT2D eigenvalue weighted by Crippen LogP contribution is -2.53. The van der Waals surface area contributed by atoms with Crippen molar-refractivity contribution < 1.29 is 22.8 Å². The number of carbonyl (C=O) groups is 2. The maximum Gasteiger partial charge on any atom is 0.406 e. The topological polar surface area (TPSA) is 73.5 Å². The molecule has 1 saturated heterocycles. The third-order valence-corrected chi connectivity index (χ3v) is 5.97. The molecule has 2 aromatic carbocycles. The molecule has 0 aliphatic carbocycles. The summed E-state index contributed by atoms with van der Waals surface area (Å²) in [5.41, 5.74) is 4.20. The first-order valence-corrected chi connectivity index (χ1v) is 11.2. The van der Waals surface area contributed by atoms with Crippen molar-refractivity contribution in [2.75, 3.05) is 5.32 Å². The van der Waals surface area contributed by atoms with Gasteiger partial charge in [-0.2, -0.15) is 13.2 Å². The number of amides is 2. The fourth-order valence-electron chi connectivity index (χ4n) is 4.25. The molecule has 0 radical (unpaired) electrons. The Morgan fingerprint density at radius 2 is 1.88 bits per heavy atom. The lowest BCUT2D eigenvalue weighted by molar-refractivity contribution is -0.161. The molecule has 180 valence electrons. The summed E-state index contributed by atoms with van der Waals surface area (Å²) in [6.07, 6.45) is -3.98. The number of halogens is 4. The number of hydrogen-bond donors (Lipinski definition) is 3. The van der Waals surface area contributed by atoms with E-state index in [2.05, 4.69) is 16.1 Å². The Hall–Kier alpha value is -3.04. The van der Waals surface area contributed by atoms with Gasteiger partial charge in [0.25, 0.3) is 5.91 Å². The van der Waals surface area contributed by atoms with Crippen molar-refractivity contribution in [2.24, 2.45) is 5.92 Å². The van der Waals surface area contributed by atoms with Crippen LogP contribution in [0.15, 0.2) is 54.6 Å². The van der Waals surface area contributed by atoms with Crippen LogP contribution in [-0.4, -0.2) is 35.2 Å². The molecule has 2 aromatic rings. The zero-order chi connectivity index (χ0) is 24.6. The minimum absolute atomic E-state index is 0.143. The third-order valence-electron chi connectivity index (χ3n) is 5.72. The number of fused-ring (bicyclic) bond motifs is 1. The quantitative estimate of drug-likeness (QED) is 0.568. The number of hydrazine groups is 1. The van der Waals surface area contributed by atoms with Crippen molar-refractivity contribution in [3.05, 3.63) is 70.8 Å². The monoisotopic (exact) mass is 492 g/mol. The predicted octanol–water partition coefficient (Wildman–Crippen LogP) is 4.66. The van der Waals surface area contributed by atoms with E-state index >= 15 is 0 Å². The van der Waals surface area contributed by atoms with Gasteiger partial charge in [-0.1, -0.05) is 49.7 Å². The molecular weight excluding hydrogens is 469 g/mol. The number of alkyl halides is 3. The molecule has 0 bridgehead atoms. The zero-order valence-corrected chi connectivity index (χ0v) is 19.2. The average molecular weight is 493 g/mol. The first-order valence-electron chi connectivity index (χ1n) is 10.8. The van der Waals surface area contributed by atoms with Gasteiger partial charge in [0.15, 0.2) is 0 Å². The highest BCUT2D eigenvalue weighted by Gasteiger charge is 2.57. The molecule has 2 heterocycles. The van der Waals surface area contributed by atoms with Crippen LogP contribution >= 0.6 is 11.6 Å².